The van der Waals surface area contributed by atoms with Gasteiger partial charge in [-0.1, -0.05) is 26.0 Å². The maximum absolute atomic E-state index is 12.6. The van der Waals surface area contributed by atoms with Crippen molar-refractivity contribution in [3.63, 3.8) is 0 Å². The Kier molecular flexibility index (Phi) is 6.65. The van der Waals surface area contributed by atoms with Gasteiger partial charge in [0.2, 0.25) is 0 Å². The molecule has 2 unspecified atom stereocenters. The maximum atomic E-state index is 12.6. The van der Waals surface area contributed by atoms with Gasteiger partial charge >= 0.3 is 7.12 Å². The molecule has 2 aliphatic rings. The summed E-state index contributed by atoms with van der Waals surface area (Å²) in [5.41, 5.74) is 21.6. The van der Waals surface area contributed by atoms with Gasteiger partial charge in [0.05, 0.1) is 18.5 Å². The van der Waals surface area contributed by atoms with Crippen molar-refractivity contribution in [2.45, 2.75) is 37.9 Å². The fraction of sp³-hybridized carbons (Fsp3) is 0.346. The third-order valence-corrected chi connectivity index (χ3v) is 9.21. The molecule has 3 aromatic rings. The SMILES string of the molecule is CCC12C[S+]([O-])CC1(CC)OB(c1cc(-c3ccc(/C(N)=C\N)c(N)c3)c(-n3cccn3)cc1OC)O2. The highest BCUT2D eigenvalue weighted by Gasteiger charge is 2.69. The van der Waals surface area contributed by atoms with E-state index in [9.17, 15) is 4.55 Å². The Bertz CT molecular complexity index is 1310. The molecule has 0 saturated carbocycles. The smallest absolute Gasteiger partial charge is 0.499 e. The molecule has 1 aromatic heterocycles. The van der Waals surface area contributed by atoms with E-state index in [0.29, 0.717) is 47.0 Å². The van der Waals surface area contributed by atoms with Crippen LogP contribution in [0.15, 0.2) is 55.0 Å². The first-order chi connectivity index (χ1) is 17.8. The van der Waals surface area contributed by atoms with Crippen LogP contribution in [0, 0.1) is 0 Å². The van der Waals surface area contributed by atoms with Gasteiger partial charge in [-0.2, -0.15) is 5.10 Å². The number of fused-ring (bicyclic) bond motifs is 1. The highest BCUT2D eigenvalue weighted by atomic mass is 32.2. The van der Waals surface area contributed by atoms with Gasteiger partial charge in [-0.3, -0.25) is 0 Å². The molecule has 2 atom stereocenters. The van der Waals surface area contributed by atoms with Crippen LogP contribution in [0.5, 0.6) is 5.75 Å². The van der Waals surface area contributed by atoms with Crippen LogP contribution in [0.2, 0.25) is 0 Å². The Morgan fingerprint density at radius 3 is 2.46 bits per heavy atom. The summed E-state index contributed by atoms with van der Waals surface area (Å²) in [6.07, 6.45) is 6.33. The number of nitrogens with two attached hydrogens (primary N) is 3. The van der Waals surface area contributed by atoms with E-state index in [1.165, 1.54) is 6.20 Å². The van der Waals surface area contributed by atoms with Crippen LogP contribution in [0.25, 0.3) is 22.5 Å². The van der Waals surface area contributed by atoms with E-state index in [2.05, 4.69) is 18.9 Å². The minimum atomic E-state index is -0.987. The summed E-state index contributed by atoms with van der Waals surface area (Å²) >= 11 is -0.987. The number of anilines is 1. The summed E-state index contributed by atoms with van der Waals surface area (Å²) in [5, 5.41) is 4.45. The lowest BCUT2D eigenvalue weighted by molar-refractivity contribution is -0.0120. The summed E-state index contributed by atoms with van der Waals surface area (Å²) in [6, 6.07) is 11.4. The minimum absolute atomic E-state index is 0.401. The van der Waals surface area contributed by atoms with E-state index in [4.69, 9.17) is 31.2 Å². The normalized spacial score (nSPS) is 25.5. The standard InChI is InChI=1S/C26H32BN5O4S/c1-4-25-15-37(33)16-26(25,5-2)36-27(35-25)20-12-19(17-7-8-18(21(29)11-17)22(30)14-28)23(13-24(20)34-3)32-10-6-9-31-32/h6-14H,4-5,15-16,28-30H2,1-3H3/b22-14+. The average molecular weight is 521 g/mol. The second kappa shape index (κ2) is 9.64. The number of benzene rings is 2. The third kappa shape index (κ3) is 4.06. The first-order valence-electron chi connectivity index (χ1n) is 12.3. The molecule has 0 aliphatic carbocycles. The Labute approximate surface area is 220 Å². The average Bonchev–Trinajstić information content (AvgIpc) is 3.60. The van der Waals surface area contributed by atoms with Crippen LogP contribution in [-0.2, 0) is 20.5 Å². The fourth-order valence-corrected chi connectivity index (χ4v) is 7.77. The van der Waals surface area contributed by atoms with Gasteiger partial charge in [0, 0.05) is 46.9 Å². The van der Waals surface area contributed by atoms with Gasteiger partial charge < -0.3 is 35.8 Å². The first kappa shape index (κ1) is 25.5. The molecule has 2 fully saturated rings. The molecule has 3 heterocycles. The van der Waals surface area contributed by atoms with E-state index < -0.39 is 29.5 Å². The number of methoxy groups -OCH3 is 1. The Hall–Kier alpha value is -3.12. The molecule has 2 saturated heterocycles. The summed E-state index contributed by atoms with van der Waals surface area (Å²) < 4.78 is 33.5. The van der Waals surface area contributed by atoms with Crippen LogP contribution in [0.1, 0.15) is 32.3 Å². The summed E-state index contributed by atoms with van der Waals surface area (Å²) in [4.78, 5) is 0. The molecule has 0 radical (unpaired) electrons. The lowest BCUT2D eigenvalue weighted by Crippen LogP contribution is -2.49. The monoisotopic (exact) mass is 521 g/mol. The Balaban J connectivity index is 1.66. The highest BCUT2D eigenvalue weighted by molar-refractivity contribution is 7.91. The number of hydrogen-bond acceptors (Lipinski definition) is 8. The molecule has 2 aliphatic heterocycles. The van der Waals surface area contributed by atoms with Crippen molar-refractivity contribution in [1.82, 2.24) is 9.78 Å². The zero-order chi connectivity index (χ0) is 26.4. The quantitative estimate of drug-likeness (QED) is 0.244. The van der Waals surface area contributed by atoms with E-state index >= 15 is 0 Å². The topological polar surface area (TPSA) is 147 Å². The van der Waals surface area contributed by atoms with Crippen molar-refractivity contribution < 1.29 is 18.6 Å². The van der Waals surface area contributed by atoms with Crippen molar-refractivity contribution in [2.24, 2.45) is 11.5 Å². The highest BCUT2D eigenvalue weighted by Crippen LogP contribution is 2.49. The van der Waals surface area contributed by atoms with Crippen molar-refractivity contribution in [3.05, 3.63) is 60.6 Å². The van der Waals surface area contributed by atoms with Crippen molar-refractivity contribution in [3.8, 4) is 22.6 Å². The molecular formula is C26H32BN5O4S. The molecule has 0 spiro atoms. The largest absolute Gasteiger partial charge is 0.616 e. The van der Waals surface area contributed by atoms with Gasteiger partial charge in [0.1, 0.15) is 28.5 Å². The molecule has 2 aromatic carbocycles. The fourth-order valence-electron chi connectivity index (χ4n) is 5.55. The number of nitrogen functional groups attached to an aromatic ring is 1. The van der Waals surface area contributed by atoms with Crippen LogP contribution in [0.3, 0.4) is 0 Å². The van der Waals surface area contributed by atoms with Crippen molar-refractivity contribution in [1.29, 1.82) is 0 Å². The van der Waals surface area contributed by atoms with E-state index in [1.54, 1.807) is 18.0 Å². The number of nitrogens with zero attached hydrogens (tertiary/aromatic N) is 2. The molecule has 9 nitrogen and oxygen atoms in total. The first-order valence-corrected chi connectivity index (χ1v) is 13.8. The lowest BCUT2D eigenvalue weighted by Gasteiger charge is -2.33. The zero-order valence-corrected chi connectivity index (χ0v) is 22.1. The van der Waals surface area contributed by atoms with E-state index in [0.717, 1.165) is 22.3 Å². The second-order valence-electron chi connectivity index (χ2n) is 9.48. The molecule has 11 heteroatoms. The number of hydrogen-bond donors (Lipinski definition) is 3. The minimum Gasteiger partial charge on any atom is -0.616 e. The Morgan fingerprint density at radius 1 is 1.22 bits per heavy atom. The van der Waals surface area contributed by atoms with Gasteiger partial charge in [-0.05, 0) is 47.8 Å². The summed E-state index contributed by atoms with van der Waals surface area (Å²) in [5.74, 6) is 1.53. The molecule has 0 bridgehead atoms. The van der Waals surface area contributed by atoms with Crippen molar-refractivity contribution in [2.75, 3.05) is 24.3 Å². The molecule has 5 rings (SSSR count). The number of rotatable bonds is 7. The van der Waals surface area contributed by atoms with Crippen LogP contribution in [-0.4, -0.2) is 51.3 Å². The predicted octanol–water partition coefficient (Wildman–Crippen LogP) is 2.15. The van der Waals surface area contributed by atoms with Gasteiger partial charge in [0.25, 0.3) is 0 Å². The molecule has 194 valence electrons. The molecule has 37 heavy (non-hydrogen) atoms. The third-order valence-electron chi connectivity index (χ3n) is 7.63. The summed E-state index contributed by atoms with van der Waals surface area (Å²) in [7, 11) is 0.945. The lowest BCUT2D eigenvalue weighted by atomic mass is 9.76. The van der Waals surface area contributed by atoms with Crippen molar-refractivity contribution >= 4 is 35.1 Å². The van der Waals surface area contributed by atoms with Gasteiger partial charge in [-0.25, -0.2) is 4.68 Å². The van der Waals surface area contributed by atoms with Crippen LogP contribution >= 0.6 is 0 Å². The number of ether oxygens (including phenoxy) is 1. The van der Waals surface area contributed by atoms with Crippen LogP contribution < -0.4 is 27.4 Å². The molecule has 0 amide bonds. The molecule has 6 N–H and O–H groups in total. The second-order valence-corrected chi connectivity index (χ2v) is 10.9. The predicted molar refractivity (Wildman–Crippen MR) is 148 cm³/mol. The Morgan fingerprint density at radius 2 is 1.92 bits per heavy atom. The molecular weight excluding hydrogens is 489 g/mol. The van der Waals surface area contributed by atoms with Crippen LogP contribution in [0.4, 0.5) is 5.69 Å². The van der Waals surface area contributed by atoms with E-state index in [-0.39, 0.29) is 0 Å². The van der Waals surface area contributed by atoms with Gasteiger partial charge in [0.15, 0.2) is 0 Å². The van der Waals surface area contributed by atoms with Gasteiger partial charge in [-0.15, -0.1) is 0 Å². The zero-order valence-electron chi connectivity index (χ0n) is 21.3. The maximum Gasteiger partial charge on any atom is 0.499 e. The number of aromatic nitrogens is 2. The van der Waals surface area contributed by atoms with E-state index in [1.807, 2.05) is 42.6 Å². The summed E-state index contributed by atoms with van der Waals surface area (Å²) in [6.45, 7) is 4.13.